The highest BCUT2D eigenvalue weighted by molar-refractivity contribution is 5.97. The summed E-state index contributed by atoms with van der Waals surface area (Å²) in [6, 6.07) is 18.7. The van der Waals surface area contributed by atoms with Gasteiger partial charge >= 0.3 is 0 Å². The number of hydrogen-bond acceptors (Lipinski definition) is 4. The quantitative estimate of drug-likeness (QED) is 0.180. The van der Waals surface area contributed by atoms with Gasteiger partial charge in [-0.25, -0.2) is 8.78 Å². The lowest BCUT2D eigenvalue weighted by atomic mass is 9.83. The molecule has 0 saturated heterocycles. The molecule has 0 saturated carbocycles. The highest BCUT2D eigenvalue weighted by Gasteiger charge is 2.43. The minimum Gasteiger partial charge on any atom is -0.397 e. The molecular weight excluding hydrogens is 512 g/mol. The maximum absolute atomic E-state index is 14.5. The van der Waals surface area contributed by atoms with Crippen molar-refractivity contribution in [2.24, 2.45) is 10.9 Å². The molecule has 2 bridgehead atoms. The van der Waals surface area contributed by atoms with E-state index in [2.05, 4.69) is 10.5 Å². The standard InChI is InChI=1S/C32H27F2N3O3/c1-16-10-20(31(35)37-39-3)11-17(2)27(16)15-36-32(38)19-5-8-24-26(13-19)30-25-12-18(4-7-23(25)29(24)40-30)22-9-6-21(33)14-28(22)34/h4-14,29-30H,15H2,1-3H3,(H2,35,37)(H,36,38)/t29-,30+/m0/s1. The van der Waals surface area contributed by atoms with Crippen LogP contribution in [0.25, 0.3) is 11.1 Å². The van der Waals surface area contributed by atoms with Crippen molar-refractivity contribution in [2.75, 3.05) is 7.11 Å². The summed E-state index contributed by atoms with van der Waals surface area (Å²) in [5.41, 5.74) is 15.1. The molecule has 2 heterocycles. The van der Waals surface area contributed by atoms with Gasteiger partial charge in [-0.15, -0.1) is 0 Å². The summed E-state index contributed by atoms with van der Waals surface area (Å²) < 4.78 is 34.2. The van der Waals surface area contributed by atoms with Crippen LogP contribution in [0.5, 0.6) is 0 Å². The smallest absolute Gasteiger partial charge is 0.251 e. The molecule has 4 aromatic carbocycles. The molecule has 0 aliphatic carbocycles. The fraction of sp³-hybridized carbons (Fsp3) is 0.188. The van der Waals surface area contributed by atoms with Gasteiger partial charge in [0.15, 0.2) is 5.84 Å². The average molecular weight is 540 g/mol. The third-order valence-electron chi connectivity index (χ3n) is 7.69. The molecular formula is C32H27F2N3O3. The van der Waals surface area contributed by atoms with E-state index in [4.69, 9.17) is 15.3 Å². The third-order valence-corrected chi connectivity index (χ3v) is 7.69. The monoisotopic (exact) mass is 539 g/mol. The second-order valence-electron chi connectivity index (χ2n) is 10.1. The second-order valence-corrected chi connectivity index (χ2v) is 10.1. The van der Waals surface area contributed by atoms with Crippen LogP contribution in [0.1, 0.15) is 67.1 Å². The van der Waals surface area contributed by atoms with Gasteiger partial charge in [-0.3, -0.25) is 4.79 Å². The van der Waals surface area contributed by atoms with Crippen LogP contribution in [-0.2, 0) is 16.1 Å². The predicted octanol–water partition coefficient (Wildman–Crippen LogP) is 5.97. The fourth-order valence-corrected chi connectivity index (χ4v) is 5.72. The Morgan fingerprint density at radius 3 is 2.27 bits per heavy atom. The first-order valence-corrected chi connectivity index (χ1v) is 12.9. The van der Waals surface area contributed by atoms with Gasteiger partial charge in [0, 0.05) is 29.3 Å². The lowest BCUT2D eigenvalue weighted by Crippen LogP contribution is -2.24. The highest BCUT2D eigenvalue weighted by Crippen LogP contribution is 2.54. The summed E-state index contributed by atoms with van der Waals surface area (Å²) in [7, 11) is 1.44. The van der Waals surface area contributed by atoms with Gasteiger partial charge in [-0.2, -0.15) is 0 Å². The van der Waals surface area contributed by atoms with Crippen molar-refractivity contribution >= 4 is 11.7 Å². The Morgan fingerprint density at radius 2 is 1.57 bits per heavy atom. The van der Waals surface area contributed by atoms with Gasteiger partial charge in [-0.05, 0) is 101 Å². The molecule has 0 fully saturated rings. The van der Waals surface area contributed by atoms with Gasteiger partial charge in [0.2, 0.25) is 0 Å². The van der Waals surface area contributed by atoms with E-state index in [1.54, 1.807) is 0 Å². The number of nitrogens with two attached hydrogens (primary N) is 1. The SMILES string of the molecule is CON=C(N)c1cc(C)c(CNC(=O)c2ccc3c(c2)[C@@H]2O[C@H]3c3ccc(-c4ccc(F)cc4F)cc32)c(C)c1. The van der Waals surface area contributed by atoms with Crippen molar-refractivity contribution in [1.29, 1.82) is 0 Å². The van der Waals surface area contributed by atoms with Crippen LogP contribution in [0, 0.1) is 25.5 Å². The van der Waals surface area contributed by atoms with E-state index in [0.717, 1.165) is 50.6 Å². The van der Waals surface area contributed by atoms with E-state index in [0.29, 0.717) is 23.2 Å². The lowest BCUT2D eigenvalue weighted by Gasteiger charge is -2.18. The van der Waals surface area contributed by atoms with Gasteiger partial charge in [-0.1, -0.05) is 23.4 Å². The number of halogens is 2. The first-order valence-electron chi connectivity index (χ1n) is 12.9. The van der Waals surface area contributed by atoms with Crippen molar-refractivity contribution in [3.05, 3.63) is 128 Å². The molecule has 3 N–H and O–H groups in total. The van der Waals surface area contributed by atoms with E-state index < -0.39 is 11.6 Å². The molecule has 2 atom stereocenters. The second kappa shape index (κ2) is 9.88. The molecule has 0 unspecified atom stereocenters. The van der Waals surface area contributed by atoms with Crippen LogP contribution in [0.3, 0.4) is 0 Å². The number of amides is 1. The van der Waals surface area contributed by atoms with E-state index in [1.165, 1.54) is 19.2 Å². The zero-order valence-electron chi connectivity index (χ0n) is 22.2. The number of carbonyl (C=O) groups is 1. The highest BCUT2D eigenvalue weighted by atomic mass is 19.1. The number of nitrogens with one attached hydrogen (secondary N) is 1. The molecule has 0 spiro atoms. The van der Waals surface area contributed by atoms with Crippen LogP contribution < -0.4 is 11.1 Å². The van der Waals surface area contributed by atoms with E-state index in [-0.39, 0.29) is 24.0 Å². The number of ether oxygens (including phenoxy) is 1. The topological polar surface area (TPSA) is 85.9 Å². The van der Waals surface area contributed by atoms with Gasteiger partial charge in [0.1, 0.15) is 31.0 Å². The number of oxime groups is 1. The van der Waals surface area contributed by atoms with Gasteiger partial charge in [0.05, 0.1) is 0 Å². The first-order chi connectivity index (χ1) is 19.2. The number of carbonyl (C=O) groups excluding carboxylic acids is 1. The van der Waals surface area contributed by atoms with Crippen LogP contribution in [-0.4, -0.2) is 18.9 Å². The molecule has 4 aromatic rings. The minimum absolute atomic E-state index is 0.198. The van der Waals surface area contributed by atoms with Crippen LogP contribution >= 0.6 is 0 Å². The van der Waals surface area contributed by atoms with E-state index in [1.807, 2.05) is 62.4 Å². The van der Waals surface area contributed by atoms with Crippen LogP contribution in [0.4, 0.5) is 8.78 Å². The van der Waals surface area contributed by atoms with E-state index >= 15 is 0 Å². The molecule has 202 valence electrons. The maximum atomic E-state index is 14.5. The molecule has 6 nitrogen and oxygen atoms in total. The minimum atomic E-state index is -0.618. The summed E-state index contributed by atoms with van der Waals surface area (Å²) in [4.78, 5) is 17.9. The third kappa shape index (κ3) is 4.30. The van der Waals surface area contributed by atoms with Gasteiger partial charge < -0.3 is 20.6 Å². The number of nitrogens with zero attached hydrogens (tertiary/aromatic N) is 1. The number of fused-ring (bicyclic) bond motifs is 8. The number of aryl methyl sites for hydroxylation is 2. The molecule has 2 aliphatic rings. The molecule has 2 aliphatic heterocycles. The largest absolute Gasteiger partial charge is 0.397 e. The Labute approximate surface area is 230 Å². The molecule has 1 amide bonds. The Bertz CT molecular complexity index is 1690. The zero-order valence-corrected chi connectivity index (χ0v) is 22.2. The summed E-state index contributed by atoms with van der Waals surface area (Å²) >= 11 is 0. The van der Waals surface area contributed by atoms with Crippen LogP contribution in [0.2, 0.25) is 0 Å². The lowest BCUT2D eigenvalue weighted by molar-refractivity contribution is 0.0857. The Balaban J connectivity index is 1.23. The zero-order chi connectivity index (χ0) is 28.1. The molecule has 40 heavy (non-hydrogen) atoms. The average Bonchev–Trinajstić information content (AvgIpc) is 3.49. The fourth-order valence-electron chi connectivity index (χ4n) is 5.72. The first kappa shape index (κ1) is 25.7. The predicted molar refractivity (Wildman–Crippen MR) is 148 cm³/mol. The molecule has 0 radical (unpaired) electrons. The summed E-state index contributed by atoms with van der Waals surface area (Å²) in [6.07, 6.45) is -0.598. The van der Waals surface area contributed by atoms with E-state index in [9.17, 15) is 13.6 Å². The van der Waals surface area contributed by atoms with Crippen molar-refractivity contribution < 1.29 is 23.1 Å². The summed E-state index contributed by atoms with van der Waals surface area (Å²) in [6.45, 7) is 4.28. The van der Waals surface area contributed by atoms with Crippen molar-refractivity contribution in [3.8, 4) is 11.1 Å². The van der Waals surface area contributed by atoms with Crippen LogP contribution in [0.15, 0.2) is 71.9 Å². The van der Waals surface area contributed by atoms with Crippen molar-refractivity contribution in [2.45, 2.75) is 32.6 Å². The summed E-state index contributed by atoms with van der Waals surface area (Å²) in [5.74, 6) is -1.14. The normalized spacial score (nSPS) is 17.0. The number of rotatable bonds is 6. The van der Waals surface area contributed by atoms with Crippen molar-refractivity contribution in [1.82, 2.24) is 5.32 Å². The molecule has 6 rings (SSSR count). The Kier molecular flexibility index (Phi) is 6.35. The summed E-state index contributed by atoms with van der Waals surface area (Å²) in [5, 5.41) is 6.82. The number of hydrogen-bond donors (Lipinski definition) is 2. The Morgan fingerprint density at radius 1 is 0.900 bits per heavy atom. The number of benzene rings is 4. The molecule has 8 heteroatoms. The Hall–Kier alpha value is -4.56. The number of amidine groups is 1. The van der Waals surface area contributed by atoms with Gasteiger partial charge in [0.25, 0.3) is 5.91 Å². The molecule has 0 aromatic heterocycles. The maximum Gasteiger partial charge on any atom is 0.251 e. The van der Waals surface area contributed by atoms with Crippen molar-refractivity contribution in [3.63, 3.8) is 0 Å².